The number of nitrogens with zero attached hydrogens (tertiary/aromatic N) is 3. The van der Waals surface area contributed by atoms with Crippen LogP contribution in [-0.2, 0) is 9.59 Å². The Labute approximate surface area is 169 Å². The van der Waals surface area contributed by atoms with Crippen molar-refractivity contribution in [2.75, 3.05) is 42.9 Å². The van der Waals surface area contributed by atoms with E-state index in [-0.39, 0.29) is 36.7 Å². The molecule has 1 aromatic heterocycles. The topological polar surface area (TPSA) is 86.1 Å². The van der Waals surface area contributed by atoms with Crippen LogP contribution < -0.4 is 10.2 Å². The van der Waals surface area contributed by atoms with Crippen LogP contribution >= 0.6 is 0 Å². The zero-order chi connectivity index (χ0) is 20.4. The third-order valence-electron chi connectivity index (χ3n) is 5.38. The summed E-state index contributed by atoms with van der Waals surface area (Å²) in [7, 11) is 0. The van der Waals surface area contributed by atoms with Gasteiger partial charge in [0.05, 0.1) is 24.2 Å². The van der Waals surface area contributed by atoms with E-state index >= 15 is 0 Å². The van der Waals surface area contributed by atoms with Gasteiger partial charge in [-0.15, -0.1) is 0 Å². The van der Waals surface area contributed by atoms with Crippen molar-refractivity contribution in [3.8, 4) is 0 Å². The van der Waals surface area contributed by atoms with Crippen molar-refractivity contribution in [1.82, 2.24) is 9.80 Å². The van der Waals surface area contributed by atoms with E-state index in [1.165, 1.54) is 6.26 Å². The van der Waals surface area contributed by atoms with Crippen LogP contribution in [0.25, 0.3) is 0 Å². The summed E-state index contributed by atoms with van der Waals surface area (Å²) >= 11 is 0. The lowest BCUT2D eigenvalue weighted by molar-refractivity contribution is -0.120. The van der Waals surface area contributed by atoms with Gasteiger partial charge in [-0.1, -0.05) is 12.1 Å². The van der Waals surface area contributed by atoms with Crippen LogP contribution in [0.3, 0.4) is 0 Å². The molecule has 0 saturated carbocycles. The smallest absolute Gasteiger partial charge is 0.289 e. The number of anilines is 2. The summed E-state index contributed by atoms with van der Waals surface area (Å²) in [6.45, 7) is 4.44. The van der Waals surface area contributed by atoms with Gasteiger partial charge >= 0.3 is 0 Å². The van der Waals surface area contributed by atoms with Crippen molar-refractivity contribution in [2.45, 2.75) is 19.4 Å². The summed E-state index contributed by atoms with van der Waals surface area (Å²) in [5, 5.41) is 2.87. The van der Waals surface area contributed by atoms with E-state index in [9.17, 15) is 14.4 Å². The molecule has 1 saturated heterocycles. The number of nitrogens with one attached hydrogen (secondary N) is 1. The zero-order valence-corrected chi connectivity index (χ0v) is 16.3. The van der Waals surface area contributed by atoms with E-state index in [4.69, 9.17) is 4.42 Å². The number of furan rings is 1. The Hall–Kier alpha value is -3.13. The van der Waals surface area contributed by atoms with Crippen molar-refractivity contribution in [3.63, 3.8) is 0 Å². The molecule has 8 heteroatoms. The lowest BCUT2D eigenvalue weighted by Crippen LogP contribution is -2.52. The number of carbonyl (C=O) groups is 3. The van der Waals surface area contributed by atoms with Gasteiger partial charge in [0, 0.05) is 38.6 Å². The maximum Gasteiger partial charge on any atom is 0.289 e. The molecule has 2 aliphatic rings. The Kier molecular flexibility index (Phi) is 5.35. The van der Waals surface area contributed by atoms with Crippen LogP contribution in [0.2, 0.25) is 0 Å². The summed E-state index contributed by atoms with van der Waals surface area (Å²) in [4.78, 5) is 43.1. The maximum atomic E-state index is 13.2. The molecule has 2 aliphatic heterocycles. The molecule has 8 nitrogen and oxygen atoms in total. The molecule has 4 rings (SSSR count). The lowest BCUT2D eigenvalue weighted by atomic mass is 10.1. The largest absolute Gasteiger partial charge is 0.459 e. The highest BCUT2D eigenvalue weighted by Gasteiger charge is 2.31. The summed E-state index contributed by atoms with van der Waals surface area (Å²) in [6.07, 6.45) is 1.74. The number of amides is 3. The molecule has 152 valence electrons. The highest BCUT2D eigenvalue weighted by Crippen LogP contribution is 2.31. The van der Waals surface area contributed by atoms with E-state index in [1.807, 2.05) is 36.1 Å². The third-order valence-corrected chi connectivity index (χ3v) is 5.38. The number of fused-ring (bicyclic) bond motifs is 1. The second kappa shape index (κ2) is 8.08. The number of hydrogen-bond donors (Lipinski definition) is 1. The third kappa shape index (κ3) is 4.02. The summed E-state index contributed by atoms with van der Waals surface area (Å²) < 4.78 is 5.19. The molecule has 0 spiro atoms. The molecule has 0 unspecified atom stereocenters. The van der Waals surface area contributed by atoms with Crippen LogP contribution in [0.4, 0.5) is 11.4 Å². The molecule has 29 heavy (non-hydrogen) atoms. The van der Waals surface area contributed by atoms with Gasteiger partial charge in [0.2, 0.25) is 11.8 Å². The van der Waals surface area contributed by atoms with Crippen LogP contribution in [0, 0.1) is 0 Å². The quantitative estimate of drug-likeness (QED) is 0.855. The molecular weight excluding hydrogens is 372 g/mol. The van der Waals surface area contributed by atoms with Crippen LogP contribution in [-0.4, -0.2) is 66.3 Å². The van der Waals surface area contributed by atoms with E-state index in [0.717, 1.165) is 5.69 Å². The predicted octanol–water partition coefficient (Wildman–Crippen LogP) is 1.80. The monoisotopic (exact) mass is 396 g/mol. The Balaban J connectivity index is 1.41. The number of carbonyl (C=O) groups excluding carboxylic acids is 3. The number of hydrogen-bond acceptors (Lipinski definition) is 5. The minimum atomic E-state index is -0.229. The van der Waals surface area contributed by atoms with E-state index in [0.29, 0.717) is 37.6 Å². The first-order chi connectivity index (χ1) is 14.0. The number of piperazine rings is 1. The fourth-order valence-electron chi connectivity index (χ4n) is 3.90. The van der Waals surface area contributed by atoms with Gasteiger partial charge < -0.3 is 19.5 Å². The fraction of sp³-hybridized carbons (Fsp3) is 0.381. The van der Waals surface area contributed by atoms with Crippen molar-refractivity contribution in [3.05, 3.63) is 48.4 Å². The van der Waals surface area contributed by atoms with Gasteiger partial charge in [-0.05, 0) is 31.2 Å². The molecule has 0 bridgehead atoms. The van der Waals surface area contributed by atoms with Crippen LogP contribution in [0.5, 0.6) is 0 Å². The van der Waals surface area contributed by atoms with Gasteiger partial charge in [-0.25, -0.2) is 0 Å². The second-order valence-corrected chi connectivity index (χ2v) is 7.43. The lowest BCUT2D eigenvalue weighted by Gasteiger charge is -2.36. The molecular formula is C21H24N4O4. The Morgan fingerprint density at radius 2 is 1.86 bits per heavy atom. The molecule has 1 N–H and O–H groups in total. The Morgan fingerprint density at radius 3 is 2.59 bits per heavy atom. The molecule has 1 fully saturated rings. The van der Waals surface area contributed by atoms with E-state index in [1.54, 1.807) is 21.9 Å². The van der Waals surface area contributed by atoms with Crippen LogP contribution in [0.15, 0.2) is 47.1 Å². The molecule has 1 atom stereocenters. The Bertz CT molecular complexity index is 903. The molecule has 0 aliphatic carbocycles. The van der Waals surface area contributed by atoms with Gasteiger partial charge in [0.15, 0.2) is 5.76 Å². The molecule has 0 radical (unpaired) electrons. The SMILES string of the molecule is C[C@@H]1CC(=O)Nc2ccccc2N1C(=O)CN1CCN(C(=O)c2ccco2)CC1. The highest BCUT2D eigenvalue weighted by molar-refractivity contribution is 6.05. The van der Waals surface area contributed by atoms with Crippen LogP contribution in [0.1, 0.15) is 23.9 Å². The highest BCUT2D eigenvalue weighted by atomic mass is 16.3. The fourth-order valence-corrected chi connectivity index (χ4v) is 3.90. The Morgan fingerprint density at radius 1 is 1.10 bits per heavy atom. The maximum absolute atomic E-state index is 13.2. The molecule has 2 aromatic rings. The number of benzene rings is 1. The summed E-state index contributed by atoms with van der Waals surface area (Å²) in [5.74, 6) is 0.0693. The number of rotatable bonds is 3. The first kappa shape index (κ1) is 19.2. The second-order valence-electron chi connectivity index (χ2n) is 7.43. The van der Waals surface area contributed by atoms with Crippen molar-refractivity contribution >= 4 is 29.1 Å². The van der Waals surface area contributed by atoms with Gasteiger partial charge in [-0.2, -0.15) is 0 Å². The predicted molar refractivity (Wildman–Crippen MR) is 108 cm³/mol. The molecule has 3 amide bonds. The first-order valence-corrected chi connectivity index (χ1v) is 9.79. The normalized spacial score (nSPS) is 20.0. The van der Waals surface area contributed by atoms with E-state index < -0.39 is 0 Å². The minimum absolute atomic E-state index is 0.0488. The molecule has 3 heterocycles. The minimum Gasteiger partial charge on any atom is -0.459 e. The number of para-hydroxylation sites is 2. The van der Waals surface area contributed by atoms with Gasteiger partial charge in [-0.3, -0.25) is 19.3 Å². The zero-order valence-electron chi connectivity index (χ0n) is 16.3. The standard InChI is InChI=1S/C21H24N4O4/c1-15-13-19(26)22-16-5-2-3-6-17(16)25(15)20(27)14-23-8-10-24(11-9-23)21(28)18-7-4-12-29-18/h2-7,12,15H,8-11,13-14H2,1H3,(H,22,26)/t15-/m1/s1. The molecule has 1 aromatic carbocycles. The van der Waals surface area contributed by atoms with Gasteiger partial charge in [0.1, 0.15) is 0 Å². The summed E-state index contributed by atoms with van der Waals surface area (Å²) in [6, 6.07) is 10.5. The van der Waals surface area contributed by atoms with Crippen molar-refractivity contribution in [2.24, 2.45) is 0 Å². The van der Waals surface area contributed by atoms with Crippen molar-refractivity contribution in [1.29, 1.82) is 0 Å². The first-order valence-electron chi connectivity index (χ1n) is 9.79. The van der Waals surface area contributed by atoms with Crippen molar-refractivity contribution < 1.29 is 18.8 Å². The van der Waals surface area contributed by atoms with Gasteiger partial charge in [0.25, 0.3) is 5.91 Å². The average Bonchev–Trinajstić information content (AvgIpc) is 3.20. The van der Waals surface area contributed by atoms with E-state index in [2.05, 4.69) is 5.32 Å². The average molecular weight is 396 g/mol. The summed E-state index contributed by atoms with van der Waals surface area (Å²) in [5.41, 5.74) is 1.38.